The summed E-state index contributed by atoms with van der Waals surface area (Å²) in [4.78, 5) is 17.0. The lowest BCUT2D eigenvalue weighted by Gasteiger charge is -1.96. The summed E-state index contributed by atoms with van der Waals surface area (Å²) in [7, 11) is 0. The number of nitrogens with zero attached hydrogens (tertiary/aromatic N) is 1. The van der Waals surface area contributed by atoms with Gasteiger partial charge in [-0.15, -0.1) is 11.3 Å². The molecule has 1 aromatic heterocycles. The largest absolute Gasteiger partial charge is 0.292 e. The number of benzene rings is 1. The second kappa shape index (κ2) is 4.58. The Morgan fingerprint density at radius 2 is 2.00 bits per heavy atom. The maximum absolute atomic E-state index is 11.6. The Morgan fingerprint density at radius 1 is 1.31 bits per heavy atom. The zero-order chi connectivity index (χ0) is 11.5. The molecule has 0 unspecified atom stereocenters. The maximum atomic E-state index is 11.6. The number of hydrogen-bond donors (Lipinski definition) is 0. The molecule has 0 amide bonds. The molecule has 0 bridgehead atoms. The number of Topliss-reactive ketones (excluding diaryl/α,β-unsaturated/α-hetero) is 1. The predicted octanol–water partition coefficient (Wildman–Crippen LogP) is 3.71. The van der Waals surface area contributed by atoms with Gasteiger partial charge in [0.1, 0.15) is 0 Å². The summed E-state index contributed by atoms with van der Waals surface area (Å²) in [5, 5.41) is 0.624. The monoisotopic (exact) mass is 231 g/mol. The molecule has 2 aromatic rings. The van der Waals surface area contributed by atoms with Crippen LogP contribution in [-0.2, 0) is 0 Å². The second-order valence-electron chi connectivity index (χ2n) is 3.58. The molecule has 82 valence electrons. The predicted molar refractivity (Wildman–Crippen MR) is 66.9 cm³/mol. The fraction of sp³-hybridized carbons (Fsp3) is 0.231. The third kappa shape index (κ3) is 2.04. The van der Waals surface area contributed by atoms with Gasteiger partial charge in [0.05, 0.1) is 10.6 Å². The third-order valence-corrected chi connectivity index (χ3v) is 3.64. The SMILES string of the molecule is CCC(=O)c1nc(C)c(-c2ccccc2)s1. The normalized spacial score (nSPS) is 10.4. The zero-order valence-corrected chi connectivity index (χ0v) is 10.2. The highest BCUT2D eigenvalue weighted by Crippen LogP contribution is 2.30. The number of aromatic nitrogens is 1. The molecule has 0 spiro atoms. The molecule has 3 heteroatoms. The topological polar surface area (TPSA) is 30.0 Å². The van der Waals surface area contributed by atoms with Crippen molar-refractivity contribution < 1.29 is 4.79 Å². The van der Waals surface area contributed by atoms with E-state index in [0.717, 1.165) is 16.1 Å². The van der Waals surface area contributed by atoms with Crippen molar-refractivity contribution >= 4 is 17.1 Å². The van der Waals surface area contributed by atoms with Gasteiger partial charge in [0.25, 0.3) is 0 Å². The molecular weight excluding hydrogens is 218 g/mol. The van der Waals surface area contributed by atoms with E-state index in [1.54, 1.807) is 0 Å². The van der Waals surface area contributed by atoms with Crippen LogP contribution in [0.3, 0.4) is 0 Å². The van der Waals surface area contributed by atoms with Crippen molar-refractivity contribution in [3.8, 4) is 10.4 Å². The van der Waals surface area contributed by atoms with Crippen LogP contribution >= 0.6 is 11.3 Å². The van der Waals surface area contributed by atoms with E-state index >= 15 is 0 Å². The first-order chi connectivity index (χ1) is 7.72. The van der Waals surface area contributed by atoms with Crippen molar-refractivity contribution in [2.75, 3.05) is 0 Å². The Balaban J connectivity index is 2.44. The van der Waals surface area contributed by atoms with Crippen LogP contribution in [0.25, 0.3) is 10.4 Å². The lowest BCUT2D eigenvalue weighted by atomic mass is 10.2. The van der Waals surface area contributed by atoms with Gasteiger partial charge in [0, 0.05) is 6.42 Å². The molecule has 1 heterocycles. The fourth-order valence-corrected chi connectivity index (χ4v) is 2.61. The van der Waals surface area contributed by atoms with E-state index in [9.17, 15) is 4.79 Å². The standard InChI is InChI=1S/C13H13NOS/c1-3-11(15)13-14-9(2)12(16-13)10-7-5-4-6-8-10/h4-8H,3H2,1-2H3. The Bertz CT molecular complexity index is 502. The minimum absolute atomic E-state index is 0.121. The molecule has 0 N–H and O–H groups in total. The summed E-state index contributed by atoms with van der Waals surface area (Å²) in [6.45, 7) is 3.81. The first-order valence-corrected chi connectivity index (χ1v) is 6.10. The Morgan fingerprint density at radius 3 is 2.62 bits per heavy atom. The van der Waals surface area contributed by atoms with Gasteiger partial charge in [-0.05, 0) is 12.5 Å². The van der Waals surface area contributed by atoms with Crippen LogP contribution in [0, 0.1) is 6.92 Å². The van der Waals surface area contributed by atoms with Gasteiger partial charge in [-0.1, -0.05) is 37.3 Å². The molecular formula is C13H13NOS. The number of aryl methyl sites for hydroxylation is 1. The van der Waals surface area contributed by atoms with Gasteiger partial charge in [-0.3, -0.25) is 4.79 Å². The fourth-order valence-electron chi connectivity index (χ4n) is 1.52. The first-order valence-electron chi connectivity index (χ1n) is 5.28. The first kappa shape index (κ1) is 11.0. The third-order valence-electron chi connectivity index (χ3n) is 2.39. The summed E-state index contributed by atoms with van der Waals surface area (Å²) < 4.78 is 0. The van der Waals surface area contributed by atoms with Crippen LogP contribution in [-0.4, -0.2) is 10.8 Å². The van der Waals surface area contributed by atoms with E-state index in [0.29, 0.717) is 11.4 Å². The highest BCUT2D eigenvalue weighted by molar-refractivity contribution is 7.17. The van der Waals surface area contributed by atoms with Crippen LogP contribution in [0.15, 0.2) is 30.3 Å². The summed E-state index contributed by atoms with van der Waals surface area (Å²) in [5.74, 6) is 0.121. The van der Waals surface area contributed by atoms with Crippen molar-refractivity contribution in [3.05, 3.63) is 41.0 Å². The zero-order valence-electron chi connectivity index (χ0n) is 9.36. The summed E-state index contributed by atoms with van der Waals surface area (Å²) in [6, 6.07) is 10.1. The van der Waals surface area contributed by atoms with Gasteiger partial charge in [0.2, 0.25) is 0 Å². The summed E-state index contributed by atoms with van der Waals surface area (Å²) in [6.07, 6.45) is 0.515. The molecule has 0 atom stereocenters. The lowest BCUT2D eigenvalue weighted by molar-refractivity contribution is 0.0987. The van der Waals surface area contributed by atoms with Gasteiger partial charge >= 0.3 is 0 Å². The van der Waals surface area contributed by atoms with Crippen LogP contribution in [0.1, 0.15) is 28.8 Å². The Kier molecular flexibility index (Phi) is 3.15. The van der Waals surface area contributed by atoms with Gasteiger partial charge in [0.15, 0.2) is 10.8 Å². The molecule has 2 rings (SSSR count). The molecule has 0 saturated carbocycles. The number of ketones is 1. The van der Waals surface area contributed by atoms with Crippen molar-refractivity contribution in [1.82, 2.24) is 4.98 Å². The maximum Gasteiger partial charge on any atom is 0.191 e. The molecule has 0 aliphatic rings. The van der Waals surface area contributed by atoms with Crippen LogP contribution in [0.2, 0.25) is 0 Å². The highest BCUT2D eigenvalue weighted by Gasteiger charge is 2.13. The number of hydrogen-bond acceptors (Lipinski definition) is 3. The quantitative estimate of drug-likeness (QED) is 0.754. The van der Waals surface area contributed by atoms with Crippen LogP contribution < -0.4 is 0 Å². The van der Waals surface area contributed by atoms with Crippen LogP contribution in [0.5, 0.6) is 0 Å². The number of rotatable bonds is 3. The van der Waals surface area contributed by atoms with E-state index in [1.165, 1.54) is 11.3 Å². The minimum atomic E-state index is 0.121. The van der Waals surface area contributed by atoms with Crippen molar-refractivity contribution in [1.29, 1.82) is 0 Å². The van der Waals surface area contributed by atoms with E-state index in [-0.39, 0.29) is 5.78 Å². The minimum Gasteiger partial charge on any atom is -0.292 e. The van der Waals surface area contributed by atoms with Gasteiger partial charge < -0.3 is 0 Å². The smallest absolute Gasteiger partial charge is 0.191 e. The van der Waals surface area contributed by atoms with Crippen molar-refractivity contribution in [3.63, 3.8) is 0 Å². The van der Waals surface area contributed by atoms with Crippen molar-refractivity contribution in [2.45, 2.75) is 20.3 Å². The summed E-state index contributed by atoms with van der Waals surface area (Å²) >= 11 is 1.48. The van der Waals surface area contributed by atoms with E-state index in [1.807, 2.05) is 44.2 Å². The average molecular weight is 231 g/mol. The highest BCUT2D eigenvalue weighted by atomic mass is 32.1. The molecule has 1 aromatic carbocycles. The van der Waals surface area contributed by atoms with Crippen molar-refractivity contribution in [2.24, 2.45) is 0 Å². The van der Waals surface area contributed by atoms with Gasteiger partial charge in [-0.25, -0.2) is 4.98 Å². The molecule has 2 nitrogen and oxygen atoms in total. The molecule has 16 heavy (non-hydrogen) atoms. The van der Waals surface area contributed by atoms with E-state index < -0.39 is 0 Å². The number of thiazole rings is 1. The average Bonchev–Trinajstić information content (AvgIpc) is 2.71. The molecule has 0 saturated heterocycles. The lowest BCUT2D eigenvalue weighted by Crippen LogP contribution is -1.94. The molecule has 0 aliphatic heterocycles. The van der Waals surface area contributed by atoms with Gasteiger partial charge in [-0.2, -0.15) is 0 Å². The Labute approximate surface area is 99.0 Å². The number of carbonyl (C=O) groups is 1. The summed E-state index contributed by atoms with van der Waals surface area (Å²) in [5.41, 5.74) is 2.07. The Hall–Kier alpha value is -1.48. The molecule has 0 fully saturated rings. The van der Waals surface area contributed by atoms with E-state index in [4.69, 9.17) is 0 Å². The molecule has 0 aliphatic carbocycles. The molecule has 0 radical (unpaired) electrons. The van der Waals surface area contributed by atoms with Crippen LogP contribution in [0.4, 0.5) is 0 Å². The van der Waals surface area contributed by atoms with E-state index in [2.05, 4.69) is 4.98 Å². The number of carbonyl (C=O) groups excluding carboxylic acids is 1. The second-order valence-corrected chi connectivity index (χ2v) is 4.58.